The van der Waals surface area contributed by atoms with E-state index in [4.69, 9.17) is 9.15 Å². The number of carbonyl (C=O) groups is 1. The number of methoxy groups -OCH3 is 1. The van der Waals surface area contributed by atoms with Crippen molar-refractivity contribution < 1.29 is 18.9 Å². The van der Waals surface area contributed by atoms with Crippen molar-refractivity contribution in [2.45, 2.75) is 13.8 Å². The number of nitrogens with zero attached hydrogens (tertiary/aromatic N) is 1. The Morgan fingerprint density at radius 1 is 1.25 bits per heavy atom. The number of hydrogen-bond acceptors (Lipinski definition) is 5. The number of esters is 1. The van der Waals surface area contributed by atoms with Gasteiger partial charge in [-0.3, -0.25) is 10.1 Å². The van der Waals surface area contributed by atoms with Gasteiger partial charge in [0, 0.05) is 11.6 Å². The highest BCUT2D eigenvalue weighted by atomic mass is 16.6. The number of benzene rings is 1. The van der Waals surface area contributed by atoms with E-state index < -0.39 is 10.9 Å². The van der Waals surface area contributed by atoms with Crippen LogP contribution in [0.1, 0.15) is 21.9 Å². The molecule has 0 aliphatic carbocycles. The summed E-state index contributed by atoms with van der Waals surface area (Å²) in [5.74, 6) is 0.243. The third kappa shape index (κ3) is 2.16. The van der Waals surface area contributed by atoms with Gasteiger partial charge in [-0.05, 0) is 19.9 Å². The van der Waals surface area contributed by atoms with Crippen LogP contribution in [0.4, 0.5) is 5.69 Å². The van der Waals surface area contributed by atoms with Gasteiger partial charge >= 0.3 is 5.97 Å². The SMILES string of the molecule is COC(=O)c1c(C)oc(C)c1-c1ccccc1[N+](=O)[O-]. The van der Waals surface area contributed by atoms with Gasteiger partial charge in [0.2, 0.25) is 0 Å². The number of aryl methyl sites for hydroxylation is 2. The van der Waals surface area contributed by atoms with Crippen LogP contribution in [0.3, 0.4) is 0 Å². The van der Waals surface area contributed by atoms with Crippen LogP contribution in [0.25, 0.3) is 11.1 Å². The average Bonchev–Trinajstić information content (AvgIpc) is 2.72. The van der Waals surface area contributed by atoms with Crippen LogP contribution >= 0.6 is 0 Å². The van der Waals surface area contributed by atoms with Crippen LogP contribution in [0.2, 0.25) is 0 Å². The van der Waals surface area contributed by atoms with Crippen LogP contribution in [-0.4, -0.2) is 18.0 Å². The van der Waals surface area contributed by atoms with E-state index in [9.17, 15) is 14.9 Å². The lowest BCUT2D eigenvalue weighted by atomic mass is 9.99. The summed E-state index contributed by atoms with van der Waals surface area (Å²) >= 11 is 0. The highest BCUT2D eigenvalue weighted by molar-refractivity contribution is 6.00. The molecular formula is C14H13NO5. The van der Waals surface area contributed by atoms with Crippen molar-refractivity contribution in [2.75, 3.05) is 7.11 Å². The minimum atomic E-state index is -0.576. The van der Waals surface area contributed by atoms with Crippen molar-refractivity contribution in [2.24, 2.45) is 0 Å². The van der Waals surface area contributed by atoms with Crippen LogP contribution in [0.5, 0.6) is 0 Å². The highest BCUT2D eigenvalue weighted by Gasteiger charge is 2.27. The zero-order valence-electron chi connectivity index (χ0n) is 11.3. The minimum absolute atomic E-state index is 0.0819. The molecule has 0 aliphatic heterocycles. The molecule has 0 fully saturated rings. The summed E-state index contributed by atoms with van der Waals surface area (Å²) in [6.07, 6.45) is 0. The molecular weight excluding hydrogens is 262 g/mol. The smallest absolute Gasteiger partial charge is 0.342 e. The fourth-order valence-corrected chi connectivity index (χ4v) is 2.20. The number of furan rings is 1. The quantitative estimate of drug-likeness (QED) is 0.487. The molecule has 0 aliphatic rings. The molecule has 6 nitrogen and oxygen atoms in total. The summed E-state index contributed by atoms with van der Waals surface area (Å²) in [5.41, 5.74) is 0.884. The largest absolute Gasteiger partial charge is 0.465 e. The van der Waals surface area contributed by atoms with Crippen molar-refractivity contribution in [1.29, 1.82) is 0 Å². The second-order valence-electron chi connectivity index (χ2n) is 4.23. The molecule has 0 unspecified atom stereocenters. The maximum absolute atomic E-state index is 11.9. The number of carbonyl (C=O) groups excluding carboxylic acids is 1. The van der Waals surface area contributed by atoms with Crippen molar-refractivity contribution in [1.82, 2.24) is 0 Å². The Kier molecular flexibility index (Phi) is 3.56. The van der Waals surface area contributed by atoms with Gasteiger partial charge in [-0.15, -0.1) is 0 Å². The fraction of sp³-hybridized carbons (Fsp3) is 0.214. The first-order valence-corrected chi connectivity index (χ1v) is 5.89. The van der Waals surface area contributed by atoms with Crippen molar-refractivity contribution >= 4 is 11.7 Å². The lowest BCUT2D eigenvalue weighted by Crippen LogP contribution is -2.04. The van der Waals surface area contributed by atoms with Gasteiger partial charge in [0.25, 0.3) is 5.69 Å². The molecule has 0 radical (unpaired) electrons. The molecule has 0 saturated heterocycles. The molecule has 0 amide bonds. The second kappa shape index (κ2) is 5.16. The first kappa shape index (κ1) is 13.8. The molecule has 2 aromatic rings. The predicted molar refractivity (Wildman–Crippen MR) is 71.6 cm³/mol. The maximum atomic E-state index is 11.9. The van der Waals surface area contributed by atoms with E-state index in [-0.39, 0.29) is 11.3 Å². The standard InChI is InChI=1S/C14H13NO5/c1-8-12(13(9(2)20-8)14(16)19-3)10-6-4-5-7-11(10)15(17)18/h4-7H,1-3H3. The number of ether oxygens (including phenoxy) is 1. The lowest BCUT2D eigenvalue weighted by Gasteiger charge is -2.04. The van der Waals surface area contributed by atoms with E-state index in [2.05, 4.69) is 0 Å². The maximum Gasteiger partial charge on any atom is 0.342 e. The minimum Gasteiger partial charge on any atom is -0.465 e. The summed E-state index contributed by atoms with van der Waals surface area (Å²) in [4.78, 5) is 22.5. The molecule has 0 atom stereocenters. The van der Waals surface area contributed by atoms with Crippen molar-refractivity contribution in [3.05, 3.63) is 51.5 Å². The first-order chi connectivity index (χ1) is 9.47. The lowest BCUT2D eigenvalue weighted by molar-refractivity contribution is -0.384. The van der Waals surface area contributed by atoms with Crippen LogP contribution in [0.15, 0.2) is 28.7 Å². The molecule has 104 valence electrons. The number of hydrogen-bond donors (Lipinski definition) is 0. The molecule has 1 aromatic heterocycles. The van der Waals surface area contributed by atoms with Crippen molar-refractivity contribution in [3.8, 4) is 11.1 Å². The van der Waals surface area contributed by atoms with Gasteiger partial charge in [0.05, 0.1) is 17.6 Å². The van der Waals surface area contributed by atoms with E-state index in [1.165, 1.54) is 13.2 Å². The molecule has 0 N–H and O–H groups in total. The van der Waals surface area contributed by atoms with Gasteiger partial charge in [0.1, 0.15) is 17.1 Å². The third-order valence-electron chi connectivity index (χ3n) is 3.02. The highest BCUT2D eigenvalue weighted by Crippen LogP contribution is 2.37. The molecule has 6 heteroatoms. The Morgan fingerprint density at radius 2 is 1.90 bits per heavy atom. The Morgan fingerprint density at radius 3 is 2.50 bits per heavy atom. The zero-order valence-corrected chi connectivity index (χ0v) is 11.3. The van der Waals surface area contributed by atoms with Crippen LogP contribution in [-0.2, 0) is 4.74 Å². The first-order valence-electron chi connectivity index (χ1n) is 5.89. The van der Waals surface area contributed by atoms with E-state index in [0.717, 1.165) is 0 Å². The number of rotatable bonds is 3. The summed E-state index contributed by atoms with van der Waals surface area (Å²) in [6, 6.07) is 6.22. The molecule has 0 bridgehead atoms. The number of nitro benzene ring substituents is 1. The molecule has 0 spiro atoms. The van der Waals surface area contributed by atoms with Gasteiger partial charge in [-0.25, -0.2) is 4.79 Å². The summed E-state index contributed by atoms with van der Waals surface area (Å²) in [7, 11) is 1.26. The molecule has 1 aromatic carbocycles. The molecule has 2 rings (SSSR count). The number of para-hydroxylation sites is 1. The van der Waals surface area contributed by atoms with Gasteiger partial charge in [-0.2, -0.15) is 0 Å². The second-order valence-corrected chi connectivity index (χ2v) is 4.23. The fourth-order valence-electron chi connectivity index (χ4n) is 2.20. The van der Waals surface area contributed by atoms with Gasteiger partial charge < -0.3 is 9.15 Å². The van der Waals surface area contributed by atoms with E-state index in [0.29, 0.717) is 22.6 Å². The van der Waals surface area contributed by atoms with Gasteiger partial charge in [0.15, 0.2) is 0 Å². The normalized spacial score (nSPS) is 10.3. The summed E-state index contributed by atoms with van der Waals surface area (Å²) in [6.45, 7) is 3.28. The Hall–Kier alpha value is -2.63. The summed E-state index contributed by atoms with van der Waals surface area (Å²) < 4.78 is 10.2. The van der Waals surface area contributed by atoms with Gasteiger partial charge in [-0.1, -0.05) is 12.1 Å². The van der Waals surface area contributed by atoms with Crippen LogP contribution in [0, 0.1) is 24.0 Å². The monoisotopic (exact) mass is 275 g/mol. The molecule has 0 saturated carbocycles. The zero-order chi connectivity index (χ0) is 14.9. The predicted octanol–water partition coefficient (Wildman–Crippen LogP) is 3.26. The van der Waals surface area contributed by atoms with E-state index in [1.54, 1.807) is 32.0 Å². The Labute approximate surface area is 115 Å². The molecule has 20 heavy (non-hydrogen) atoms. The number of nitro groups is 1. The molecule has 1 heterocycles. The third-order valence-corrected chi connectivity index (χ3v) is 3.02. The Bertz CT molecular complexity index is 687. The van der Waals surface area contributed by atoms with Crippen molar-refractivity contribution in [3.63, 3.8) is 0 Å². The Balaban J connectivity index is 2.77. The summed E-state index contributed by atoms with van der Waals surface area (Å²) in [5, 5.41) is 11.1. The van der Waals surface area contributed by atoms with E-state index in [1.807, 2.05) is 0 Å². The van der Waals surface area contributed by atoms with E-state index >= 15 is 0 Å². The van der Waals surface area contributed by atoms with Crippen LogP contribution < -0.4 is 0 Å². The average molecular weight is 275 g/mol. The topological polar surface area (TPSA) is 82.6 Å².